The fourth-order valence-electron chi connectivity index (χ4n) is 3.59. The number of benzene rings is 2. The highest BCUT2D eigenvalue weighted by molar-refractivity contribution is 7.93. The number of aromatic nitrogens is 3. The van der Waals surface area contributed by atoms with E-state index in [4.69, 9.17) is 16.1 Å². The normalized spacial score (nSPS) is 11.6. The first-order valence-electron chi connectivity index (χ1n) is 10.0. The van der Waals surface area contributed by atoms with Crippen molar-refractivity contribution in [3.05, 3.63) is 105 Å². The van der Waals surface area contributed by atoms with Crippen LogP contribution in [0.1, 0.15) is 0 Å². The summed E-state index contributed by atoms with van der Waals surface area (Å²) in [4.78, 5) is 29.6. The van der Waals surface area contributed by atoms with Crippen molar-refractivity contribution >= 4 is 44.0 Å². The van der Waals surface area contributed by atoms with Gasteiger partial charge in [0.2, 0.25) is 5.56 Å². The molecule has 0 aliphatic rings. The minimum Gasteiger partial charge on any atom is -0.363 e. The second-order valence-electron chi connectivity index (χ2n) is 7.42. The van der Waals surface area contributed by atoms with E-state index >= 15 is 0 Å². The van der Waals surface area contributed by atoms with E-state index in [1.807, 2.05) is 0 Å². The Hall–Kier alpha value is -4.22. The van der Waals surface area contributed by atoms with E-state index in [0.29, 0.717) is 20.8 Å². The Morgan fingerprint density at radius 3 is 2.54 bits per heavy atom. The Balaban J connectivity index is 1.69. The maximum absolute atomic E-state index is 13.7. The average molecular weight is 513 g/mol. The second-order valence-corrected chi connectivity index (χ2v) is 9.61. The highest BCUT2D eigenvalue weighted by Crippen LogP contribution is 2.34. The summed E-state index contributed by atoms with van der Waals surface area (Å²) in [5, 5.41) is 4.13. The van der Waals surface area contributed by atoms with Gasteiger partial charge in [-0.2, -0.15) is 0 Å². The lowest BCUT2D eigenvalue weighted by molar-refractivity contribution is 0.421. The van der Waals surface area contributed by atoms with Crippen LogP contribution >= 0.6 is 11.6 Å². The fourth-order valence-corrected chi connectivity index (χ4v) is 5.31. The summed E-state index contributed by atoms with van der Waals surface area (Å²) >= 11 is 6.39. The van der Waals surface area contributed by atoms with Gasteiger partial charge in [0.15, 0.2) is 5.82 Å². The molecule has 5 rings (SSSR count). The molecule has 0 unspecified atom stereocenters. The first-order valence-corrected chi connectivity index (χ1v) is 11.8. The van der Waals surface area contributed by atoms with Gasteiger partial charge in [0, 0.05) is 23.2 Å². The third kappa shape index (κ3) is 4.11. The number of rotatable bonds is 5. The minimum atomic E-state index is -4.42. The number of nitrogens with one attached hydrogen (secondary N) is 2. The van der Waals surface area contributed by atoms with Gasteiger partial charge in [-0.15, -0.1) is 0 Å². The molecular weight excluding hydrogens is 499 g/mol. The number of fused-ring (bicyclic) bond motifs is 1. The molecule has 176 valence electrons. The van der Waals surface area contributed by atoms with Crippen molar-refractivity contribution in [3.63, 3.8) is 0 Å². The van der Waals surface area contributed by atoms with E-state index < -0.39 is 21.4 Å². The molecule has 2 N–H and O–H groups in total. The summed E-state index contributed by atoms with van der Waals surface area (Å²) in [5.74, 6) is -0.723. The van der Waals surface area contributed by atoms with Crippen molar-refractivity contribution in [1.29, 1.82) is 0 Å². The van der Waals surface area contributed by atoms with Crippen molar-refractivity contribution in [3.8, 4) is 11.3 Å². The average Bonchev–Trinajstić information content (AvgIpc) is 3.35. The van der Waals surface area contributed by atoms with Crippen molar-refractivity contribution < 1.29 is 17.3 Å². The van der Waals surface area contributed by atoms with Gasteiger partial charge in [0.25, 0.3) is 15.6 Å². The predicted molar refractivity (Wildman–Crippen MR) is 128 cm³/mol. The Bertz CT molecular complexity index is 1800. The van der Waals surface area contributed by atoms with Gasteiger partial charge in [-0.25, -0.2) is 17.1 Å². The van der Waals surface area contributed by atoms with Crippen LogP contribution in [0.15, 0.2) is 92.0 Å². The number of sulfonamides is 1. The van der Waals surface area contributed by atoms with Gasteiger partial charge < -0.3 is 14.5 Å². The lowest BCUT2D eigenvalue weighted by Gasteiger charge is -2.22. The lowest BCUT2D eigenvalue weighted by Crippen LogP contribution is -2.31. The molecule has 12 heteroatoms. The van der Waals surface area contributed by atoms with Crippen molar-refractivity contribution in [1.82, 2.24) is 15.1 Å². The van der Waals surface area contributed by atoms with E-state index in [9.17, 15) is 22.4 Å². The van der Waals surface area contributed by atoms with Gasteiger partial charge in [-0.05, 0) is 47.9 Å². The van der Waals surface area contributed by atoms with Crippen LogP contribution in [-0.4, -0.2) is 23.5 Å². The summed E-state index contributed by atoms with van der Waals surface area (Å²) in [6, 6.07) is 14.7. The number of hydrogen-bond acceptors (Lipinski definition) is 6. The van der Waals surface area contributed by atoms with E-state index in [2.05, 4.69) is 15.1 Å². The number of H-pyrrole nitrogens is 2. The molecule has 3 heterocycles. The fraction of sp³-hybridized carbons (Fsp3) is 0. The highest BCUT2D eigenvalue weighted by atomic mass is 35.5. The van der Waals surface area contributed by atoms with Gasteiger partial charge in [0.05, 0.1) is 15.6 Å². The minimum absolute atomic E-state index is 0.0232. The molecule has 0 radical (unpaired) electrons. The van der Waals surface area contributed by atoms with Crippen molar-refractivity contribution in [2.45, 2.75) is 4.90 Å². The Morgan fingerprint density at radius 1 is 0.971 bits per heavy atom. The molecule has 2 aromatic carbocycles. The molecule has 0 fully saturated rings. The van der Waals surface area contributed by atoms with E-state index in [0.717, 1.165) is 12.3 Å². The molecule has 0 bridgehead atoms. The topological polar surface area (TPSA) is 129 Å². The maximum atomic E-state index is 13.7. The lowest BCUT2D eigenvalue weighted by atomic mass is 10.1. The molecule has 5 aromatic rings. The molecule has 0 atom stereocenters. The zero-order chi connectivity index (χ0) is 24.7. The number of nitrogens with zero attached hydrogens (tertiary/aromatic N) is 2. The third-order valence-electron chi connectivity index (χ3n) is 5.17. The smallest absolute Gasteiger partial charge is 0.273 e. The molecule has 0 saturated carbocycles. The van der Waals surface area contributed by atoms with Gasteiger partial charge in [-0.3, -0.25) is 9.59 Å². The maximum Gasteiger partial charge on any atom is 0.273 e. The molecule has 0 spiro atoms. The van der Waals surface area contributed by atoms with Crippen LogP contribution < -0.4 is 15.4 Å². The Kier molecular flexibility index (Phi) is 5.50. The van der Waals surface area contributed by atoms with Gasteiger partial charge in [-0.1, -0.05) is 28.9 Å². The quantitative estimate of drug-likeness (QED) is 0.363. The molecule has 35 heavy (non-hydrogen) atoms. The van der Waals surface area contributed by atoms with Gasteiger partial charge >= 0.3 is 0 Å². The van der Waals surface area contributed by atoms with Crippen LogP contribution in [0.5, 0.6) is 0 Å². The van der Waals surface area contributed by atoms with Crippen LogP contribution in [0.3, 0.4) is 0 Å². The van der Waals surface area contributed by atoms with Crippen molar-refractivity contribution in [2.24, 2.45) is 0 Å². The molecule has 0 saturated heterocycles. The van der Waals surface area contributed by atoms with E-state index in [1.165, 1.54) is 54.6 Å². The van der Waals surface area contributed by atoms with E-state index in [-0.39, 0.29) is 32.7 Å². The zero-order valence-corrected chi connectivity index (χ0v) is 19.1. The van der Waals surface area contributed by atoms with Crippen LogP contribution in [0, 0.1) is 5.82 Å². The number of hydrogen-bond donors (Lipinski definition) is 2. The molecule has 9 nitrogen and oxygen atoms in total. The SMILES string of the molecule is O=c1ccc2cc(S(=O)(=O)N(c3ccon3)c3cc(Cl)c(-c4cccc(F)c4)[nH]c3=O)ccc2[nH]1. The van der Waals surface area contributed by atoms with E-state index in [1.54, 1.807) is 6.07 Å². The first-order chi connectivity index (χ1) is 16.7. The molecule has 3 aromatic heterocycles. The first kappa shape index (κ1) is 22.6. The monoisotopic (exact) mass is 512 g/mol. The zero-order valence-electron chi connectivity index (χ0n) is 17.5. The molecule has 0 aliphatic carbocycles. The number of aromatic amines is 2. The second kappa shape index (κ2) is 8.53. The summed E-state index contributed by atoms with van der Waals surface area (Å²) in [6.45, 7) is 0. The number of halogens is 2. The van der Waals surface area contributed by atoms with Gasteiger partial charge in [0.1, 0.15) is 17.8 Å². The Labute approximate surface area is 201 Å². The number of pyridine rings is 2. The van der Waals surface area contributed by atoms with Crippen LogP contribution in [-0.2, 0) is 10.0 Å². The third-order valence-corrected chi connectivity index (χ3v) is 7.18. The summed E-state index contributed by atoms with van der Waals surface area (Å²) in [5.41, 5.74) is -0.650. The molecule has 0 aliphatic heterocycles. The standard InChI is InChI=1S/C23H14ClFN4O5S/c24-17-12-19(23(31)27-22(17)14-2-1-3-15(25)10-14)29(20-8-9-34-28-20)35(32,33)16-5-6-18-13(11-16)4-7-21(30)26-18/h1-12H,(H,26,30)(H,27,31). The molecule has 0 amide bonds. The highest BCUT2D eigenvalue weighted by Gasteiger charge is 2.32. The van der Waals surface area contributed by atoms with Crippen LogP contribution in [0.4, 0.5) is 15.9 Å². The van der Waals surface area contributed by atoms with Crippen molar-refractivity contribution in [2.75, 3.05) is 4.31 Å². The summed E-state index contributed by atoms with van der Waals surface area (Å²) < 4.78 is 46.7. The summed E-state index contributed by atoms with van der Waals surface area (Å²) in [6.07, 6.45) is 1.15. The van der Waals surface area contributed by atoms with Crippen LogP contribution in [0.2, 0.25) is 5.02 Å². The largest absolute Gasteiger partial charge is 0.363 e. The van der Waals surface area contributed by atoms with Crippen LogP contribution in [0.25, 0.3) is 22.2 Å². The summed E-state index contributed by atoms with van der Waals surface area (Å²) in [7, 11) is -4.42. The number of anilines is 2. The predicted octanol–water partition coefficient (Wildman–Crippen LogP) is 4.19. The Morgan fingerprint density at radius 2 is 1.80 bits per heavy atom. The molecular formula is C23H14ClFN4O5S.